The highest BCUT2D eigenvalue weighted by Crippen LogP contribution is 2.14. The van der Waals surface area contributed by atoms with Gasteiger partial charge in [0.05, 0.1) is 17.7 Å². The number of nitrogens with zero attached hydrogens (tertiary/aromatic N) is 1. The van der Waals surface area contributed by atoms with E-state index in [2.05, 4.69) is 5.32 Å². The predicted octanol–water partition coefficient (Wildman–Crippen LogP) is 2.15. The summed E-state index contributed by atoms with van der Waals surface area (Å²) in [5.41, 5.74) is 7.44. The summed E-state index contributed by atoms with van der Waals surface area (Å²) in [7, 11) is 0. The molecule has 0 saturated carbocycles. The largest absolute Gasteiger partial charge is 0.366 e. The summed E-state index contributed by atoms with van der Waals surface area (Å²) in [5, 5.41) is 11.6. The molecule has 0 bridgehead atoms. The van der Waals surface area contributed by atoms with Gasteiger partial charge < -0.3 is 11.1 Å². The molecule has 0 radical (unpaired) electrons. The minimum absolute atomic E-state index is 0.198. The van der Waals surface area contributed by atoms with Crippen molar-refractivity contribution in [3.8, 4) is 6.07 Å². The van der Waals surface area contributed by atoms with Gasteiger partial charge in [0.15, 0.2) is 0 Å². The topological polar surface area (TPSA) is 96.0 Å². The fourth-order valence-electron chi connectivity index (χ4n) is 2.00. The smallest absolute Gasteiger partial charge is 0.251 e. The van der Waals surface area contributed by atoms with Crippen LogP contribution in [0.25, 0.3) is 0 Å². The van der Waals surface area contributed by atoms with Crippen molar-refractivity contribution in [1.82, 2.24) is 5.32 Å². The van der Waals surface area contributed by atoms with Crippen LogP contribution >= 0.6 is 0 Å². The lowest BCUT2D eigenvalue weighted by Gasteiger charge is -2.14. The Bertz CT molecular complexity index is 728. The monoisotopic (exact) mass is 293 g/mol. The molecule has 1 unspecified atom stereocenters. The van der Waals surface area contributed by atoms with Crippen LogP contribution in [-0.2, 0) is 0 Å². The van der Waals surface area contributed by atoms with E-state index < -0.39 is 5.91 Å². The molecule has 110 valence electrons. The lowest BCUT2D eigenvalue weighted by molar-refractivity contribution is 0.0937. The van der Waals surface area contributed by atoms with Crippen LogP contribution in [0.4, 0.5) is 0 Å². The van der Waals surface area contributed by atoms with Crippen molar-refractivity contribution in [3.63, 3.8) is 0 Å². The Hall–Kier alpha value is -3.13. The highest BCUT2D eigenvalue weighted by atomic mass is 16.2. The zero-order valence-corrected chi connectivity index (χ0v) is 12.0. The number of nitrogens with two attached hydrogens (primary N) is 1. The molecule has 0 heterocycles. The summed E-state index contributed by atoms with van der Waals surface area (Å²) in [4.78, 5) is 23.1. The van der Waals surface area contributed by atoms with E-state index in [1.54, 1.807) is 36.4 Å². The Balaban J connectivity index is 2.07. The van der Waals surface area contributed by atoms with Crippen LogP contribution in [0.1, 0.15) is 44.8 Å². The molecule has 22 heavy (non-hydrogen) atoms. The van der Waals surface area contributed by atoms with Gasteiger partial charge in [-0.3, -0.25) is 9.59 Å². The fraction of sp³-hybridized carbons (Fsp3) is 0.118. The van der Waals surface area contributed by atoms with Gasteiger partial charge in [-0.05, 0) is 48.9 Å². The molecular weight excluding hydrogens is 278 g/mol. The molecule has 1 atom stereocenters. The molecule has 2 aromatic rings. The summed E-state index contributed by atoms with van der Waals surface area (Å²) < 4.78 is 0. The Morgan fingerprint density at radius 3 is 2.09 bits per heavy atom. The summed E-state index contributed by atoms with van der Waals surface area (Å²) in [6, 6.07) is 15.0. The first-order valence-corrected chi connectivity index (χ1v) is 6.72. The number of carbonyl (C=O) groups excluding carboxylic acids is 2. The molecule has 2 amide bonds. The maximum atomic E-state index is 12.2. The van der Waals surface area contributed by atoms with Gasteiger partial charge in [-0.1, -0.05) is 12.1 Å². The molecule has 3 N–H and O–H groups in total. The first-order valence-electron chi connectivity index (χ1n) is 6.72. The lowest BCUT2D eigenvalue weighted by Crippen LogP contribution is -2.26. The molecule has 0 aliphatic rings. The minimum Gasteiger partial charge on any atom is -0.366 e. The van der Waals surface area contributed by atoms with E-state index in [0.29, 0.717) is 16.7 Å². The van der Waals surface area contributed by atoms with Gasteiger partial charge in [0.2, 0.25) is 5.91 Å². The number of carbonyl (C=O) groups is 2. The highest BCUT2D eigenvalue weighted by molar-refractivity contribution is 5.97. The zero-order valence-electron chi connectivity index (χ0n) is 12.0. The van der Waals surface area contributed by atoms with E-state index in [1.165, 1.54) is 12.1 Å². The third kappa shape index (κ3) is 3.49. The second-order valence-electron chi connectivity index (χ2n) is 4.87. The van der Waals surface area contributed by atoms with E-state index in [-0.39, 0.29) is 11.9 Å². The van der Waals surface area contributed by atoms with E-state index in [0.717, 1.165) is 5.56 Å². The first kappa shape index (κ1) is 15.3. The second kappa shape index (κ2) is 6.55. The van der Waals surface area contributed by atoms with Crippen molar-refractivity contribution in [1.29, 1.82) is 5.26 Å². The van der Waals surface area contributed by atoms with E-state index >= 15 is 0 Å². The van der Waals surface area contributed by atoms with Crippen LogP contribution in [-0.4, -0.2) is 11.8 Å². The average molecular weight is 293 g/mol. The number of nitriles is 1. The molecule has 2 aromatic carbocycles. The first-order chi connectivity index (χ1) is 10.5. The van der Waals surface area contributed by atoms with Crippen LogP contribution in [0, 0.1) is 11.3 Å². The number of primary amides is 1. The van der Waals surface area contributed by atoms with Crippen LogP contribution in [0.15, 0.2) is 48.5 Å². The maximum absolute atomic E-state index is 12.2. The van der Waals surface area contributed by atoms with Gasteiger partial charge in [-0.2, -0.15) is 5.26 Å². The van der Waals surface area contributed by atoms with Crippen LogP contribution in [0.2, 0.25) is 0 Å². The van der Waals surface area contributed by atoms with Crippen molar-refractivity contribution >= 4 is 11.8 Å². The van der Waals surface area contributed by atoms with Crippen molar-refractivity contribution in [2.45, 2.75) is 13.0 Å². The number of rotatable bonds is 4. The fourth-order valence-corrected chi connectivity index (χ4v) is 2.00. The van der Waals surface area contributed by atoms with Crippen LogP contribution in [0.5, 0.6) is 0 Å². The van der Waals surface area contributed by atoms with Gasteiger partial charge >= 0.3 is 0 Å². The summed E-state index contributed by atoms with van der Waals surface area (Å²) in [6.07, 6.45) is 0. The van der Waals surface area contributed by atoms with Crippen molar-refractivity contribution in [2.75, 3.05) is 0 Å². The molecule has 0 aromatic heterocycles. The number of hydrogen-bond donors (Lipinski definition) is 2. The predicted molar refractivity (Wildman–Crippen MR) is 82.0 cm³/mol. The Labute approximate surface area is 128 Å². The van der Waals surface area contributed by atoms with Gasteiger partial charge in [0.1, 0.15) is 0 Å². The summed E-state index contributed by atoms with van der Waals surface area (Å²) in [6.45, 7) is 1.86. The molecule has 0 spiro atoms. The maximum Gasteiger partial charge on any atom is 0.251 e. The van der Waals surface area contributed by atoms with Crippen molar-refractivity contribution in [2.24, 2.45) is 5.73 Å². The molecule has 0 aliphatic carbocycles. The zero-order chi connectivity index (χ0) is 16.1. The standard InChI is InChI=1S/C17H15N3O2/c1-11(13-4-2-12(10-18)3-5-13)20-17(22)15-8-6-14(7-9-15)16(19)21/h2-9,11H,1H3,(H2,19,21)(H,20,22). The van der Waals surface area contributed by atoms with E-state index in [1.807, 2.05) is 13.0 Å². The van der Waals surface area contributed by atoms with Gasteiger partial charge in [0, 0.05) is 11.1 Å². The minimum atomic E-state index is -0.530. The van der Waals surface area contributed by atoms with E-state index in [4.69, 9.17) is 11.0 Å². The van der Waals surface area contributed by atoms with E-state index in [9.17, 15) is 9.59 Å². The SMILES string of the molecule is CC(NC(=O)c1ccc(C(N)=O)cc1)c1ccc(C#N)cc1. The third-order valence-electron chi connectivity index (χ3n) is 3.32. The normalized spacial score (nSPS) is 11.3. The molecular formula is C17H15N3O2. The Morgan fingerprint density at radius 1 is 1.05 bits per heavy atom. The van der Waals surface area contributed by atoms with Crippen LogP contribution < -0.4 is 11.1 Å². The van der Waals surface area contributed by atoms with Crippen molar-refractivity contribution in [3.05, 3.63) is 70.8 Å². The molecule has 0 aliphatic heterocycles. The average Bonchev–Trinajstić information content (AvgIpc) is 2.54. The highest BCUT2D eigenvalue weighted by Gasteiger charge is 2.12. The summed E-state index contributed by atoms with van der Waals surface area (Å²) >= 11 is 0. The molecule has 5 nitrogen and oxygen atoms in total. The lowest BCUT2D eigenvalue weighted by atomic mass is 10.1. The molecule has 0 saturated heterocycles. The van der Waals surface area contributed by atoms with Gasteiger partial charge in [-0.25, -0.2) is 0 Å². The van der Waals surface area contributed by atoms with Crippen LogP contribution in [0.3, 0.4) is 0 Å². The number of benzene rings is 2. The molecule has 5 heteroatoms. The second-order valence-corrected chi connectivity index (χ2v) is 4.87. The van der Waals surface area contributed by atoms with Gasteiger partial charge in [-0.15, -0.1) is 0 Å². The number of nitrogens with one attached hydrogen (secondary N) is 1. The molecule has 2 rings (SSSR count). The number of hydrogen-bond acceptors (Lipinski definition) is 3. The Morgan fingerprint density at radius 2 is 1.59 bits per heavy atom. The Kier molecular flexibility index (Phi) is 4.54. The molecule has 0 fully saturated rings. The summed E-state index contributed by atoms with van der Waals surface area (Å²) in [5.74, 6) is -0.772. The quantitative estimate of drug-likeness (QED) is 0.904. The van der Waals surface area contributed by atoms with Crippen molar-refractivity contribution < 1.29 is 9.59 Å². The number of amides is 2. The third-order valence-corrected chi connectivity index (χ3v) is 3.32. The van der Waals surface area contributed by atoms with Gasteiger partial charge in [0.25, 0.3) is 5.91 Å².